The van der Waals surface area contributed by atoms with Crippen molar-refractivity contribution in [2.45, 2.75) is 129 Å². The SMILES string of the molecule is C[C]1[C](C)[C](C)[C](C)[C]1C.C[Si](C)(C)[C-]=C[Si](C)(C)C.[Al+3].[CH2-]C(C)C.[CH2-]C(C)C.[CH2-][C]1[C](C)[C](C)[C](C)[C]1C.[Zr+3]. The van der Waals surface area contributed by atoms with Gasteiger partial charge in [-0.2, -0.15) is 17.8 Å². The summed E-state index contributed by atoms with van der Waals surface area (Å²) in [6.07, 6.45) is 0. The van der Waals surface area contributed by atoms with Crippen molar-refractivity contribution < 1.29 is 26.2 Å². The Morgan fingerprint density at radius 2 is 0.700 bits per heavy atom. The van der Waals surface area contributed by atoms with Crippen molar-refractivity contribution in [3.05, 3.63) is 91.3 Å². The Bertz CT molecular complexity index is 458. The average Bonchev–Trinajstić information content (AvgIpc) is 3.02. The fourth-order valence-electron chi connectivity index (χ4n) is 3.14. The molecule has 0 aromatic carbocycles. The van der Waals surface area contributed by atoms with Crippen LogP contribution in [-0.4, -0.2) is 33.5 Å². The predicted molar refractivity (Wildman–Crippen MR) is 190 cm³/mol. The minimum atomic E-state index is -1.04. The summed E-state index contributed by atoms with van der Waals surface area (Å²) >= 11 is 0. The Morgan fingerprint density at radius 3 is 0.775 bits per heavy atom. The van der Waals surface area contributed by atoms with Crippen LogP contribution in [0.2, 0.25) is 39.3 Å². The van der Waals surface area contributed by atoms with Crippen molar-refractivity contribution in [3.63, 3.8) is 0 Å². The summed E-state index contributed by atoms with van der Waals surface area (Å²) in [6.45, 7) is 53.1. The Balaban J connectivity index is -0.000000132. The van der Waals surface area contributed by atoms with E-state index in [1.165, 1.54) is 59.2 Å². The first-order valence-corrected chi connectivity index (χ1v) is 21.4. The summed E-state index contributed by atoms with van der Waals surface area (Å²) in [6, 6.07) is 0. The molecule has 2 saturated carbocycles. The molecule has 0 spiro atoms. The van der Waals surface area contributed by atoms with Crippen molar-refractivity contribution in [1.29, 1.82) is 0 Å². The maximum atomic E-state index is 4.00. The van der Waals surface area contributed by atoms with Crippen LogP contribution >= 0.6 is 0 Å². The summed E-state index contributed by atoms with van der Waals surface area (Å²) in [4.78, 5) is 0. The molecule has 2 rings (SSSR count). The quantitative estimate of drug-likeness (QED) is 0.202. The van der Waals surface area contributed by atoms with Crippen LogP contribution in [0.3, 0.4) is 0 Å². The van der Waals surface area contributed by atoms with Crippen molar-refractivity contribution >= 4 is 33.5 Å². The van der Waals surface area contributed by atoms with Crippen LogP contribution in [0.1, 0.15) is 90.0 Å². The standard InChI is InChI=1S/C10H15.C10H14.C8H19Si2.2C4H9.Al.Zr/c2*1-6-7(2)9(4)10(5)8(6)3;1-9(2,3)7-8-10(4,5)6;2*1-4(2)3;;/h1-5H3;1H2,2-5H3;7H,1-6H3;2*4H,1H2,2-3H3;;/q;4*-1;2*+3. The van der Waals surface area contributed by atoms with Gasteiger partial charge in [0.15, 0.2) is 0 Å². The molecule has 0 bridgehead atoms. The van der Waals surface area contributed by atoms with Gasteiger partial charge in [0.05, 0.1) is 0 Å². The fourth-order valence-corrected chi connectivity index (χ4v) is 6.60. The van der Waals surface area contributed by atoms with Crippen molar-refractivity contribution in [2.75, 3.05) is 0 Å². The normalized spacial score (nSPS) is 19.7. The summed E-state index contributed by atoms with van der Waals surface area (Å²) in [5.41, 5.74) is 5.88. The molecule has 0 aromatic rings. The molecule has 0 heterocycles. The van der Waals surface area contributed by atoms with E-state index in [0.29, 0.717) is 11.8 Å². The average molecular weight is 673 g/mol. The summed E-state index contributed by atoms with van der Waals surface area (Å²) < 4.78 is 0. The third-order valence-electron chi connectivity index (χ3n) is 6.34. The van der Waals surface area contributed by atoms with E-state index in [1.807, 2.05) is 0 Å². The van der Waals surface area contributed by atoms with E-state index in [4.69, 9.17) is 0 Å². The zero-order valence-corrected chi connectivity index (χ0v) is 36.0. The second-order valence-electron chi connectivity index (χ2n) is 13.8. The van der Waals surface area contributed by atoms with Gasteiger partial charge >= 0.3 is 43.6 Å². The molecule has 0 atom stereocenters. The van der Waals surface area contributed by atoms with Crippen LogP contribution in [0.5, 0.6) is 0 Å². The number of rotatable bonds is 2. The minimum absolute atomic E-state index is 0. The second kappa shape index (κ2) is 23.9. The van der Waals surface area contributed by atoms with E-state index < -0.39 is 16.1 Å². The third-order valence-corrected chi connectivity index (χ3v) is 8.65. The monoisotopic (exact) mass is 671 g/mol. The van der Waals surface area contributed by atoms with E-state index in [1.54, 1.807) is 0 Å². The number of hydrogen-bond donors (Lipinski definition) is 0. The molecule has 11 radical (unpaired) electrons. The Labute approximate surface area is 290 Å². The molecule has 0 amide bonds. The first-order valence-electron chi connectivity index (χ1n) is 14.3. The molecular weight excluding hydrogens is 607 g/mol. The Morgan fingerprint density at radius 1 is 0.525 bits per heavy atom. The molecule has 40 heavy (non-hydrogen) atoms. The van der Waals surface area contributed by atoms with Gasteiger partial charge in [-0.25, -0.2) is 0 Å². The Kier molecular flexibility index (Phi) is 30.6. The van der Waals surface area contributed by atoms with Crippen molar-refractivity contribution in [1.82, 2.24) is 0 Å². The summed E-state index contributed by atoms with van der Waals surface area (Å²) in [7, 11) is -2.01. The van der Waals surface area contributed by atoms with Crippen LogP contribution in [0.4, 0.5) is 0 Å². The van der Waals surface area contributed by atoms with Gasteiger partial charge in [-0.1, -0.05) is 129 Å². The van der Waals surface area contributed by atoms with E-state index in [9.17, 15) is 0 Å². The van der Waals surface area contributed by atoms with Gasteiger partial charge in [-0.05, 0) is 53.3 Å². The smallest absolute Gasteiger partial charge is 0.506 e. The van der Waals surface area contributed by atoms with Gasteiger partial charge in [-0.15, -0.1) is 8.07 Å². The molecule has 2 aliphatic rings. The third kappa shape index (κ3) is 25.0. The van der Waals surface area contributed by atoms with Crippen molar-refractivity contribution in [2.24, 2.45) is 11.8 Å². The van der Waals surface area contributed by atoms with Crippen LogP contribution in [-0.2, 0) is 26.2 Å². The molecule has 2 fully saturated rings. The molecule has 0 saturated heterocycles. The van der Waals surface area contributed by atoms with Crippen LogP contribution in [0, 0.1) is 97.5 Å². The van der Waals surface area contributed by atoms with Gasteiger partial charge in [0.25, 0.3) is 0 Å². The van der Waals surface area contributed by atoms with E-state index in [2.05, 4.69) is 161 Å². The minimum Gasteiger partial charge on any atom is -0.506 e. The van der Waals surface area contributed by atoms with E-state index in [0.717, 1.165) is 0 Å². The second-order valence-corrected chi connectivity index (χ2v) is 23.6. The molecule has 4 heteroatoms. The number of hydrogen-bond acceptors (Lipinski definition) is 0. The van der Waals surface area contributed by atoms with Gasteiger partial charge in [0.1, 0.15) is 0 Å². The molecule has 2 aliphatic carbocycles. The summed E-state index contributed by atoms with van der Waals surface area (Å²) in [5, 5.41) is 0. The zero-order valence-electron chi connectivity index (χ0n) is 30.4. The predicted octanol–water partition coefficient (Wildman–Crippen LogP) is 11.4. The molecule has 0 aliphatic heterocycles. The van der Waals surface area contributed by atoms with Crippen LogP contribution in [0.25, 0.3) is 0 Å². The van der Waals surface area contributed by atoms with Gasteiger partial charge in [0.2, 0.25) is 0 Å². The maximum absolute atomic E-state index is 4.00. The molecule has 223 valence electrons. The van der Waals surface area contributed by atoms with Gasteiger partial charge < -0.3 is 26.5 Å². The first-order chi connectivity index (χ1) is 16.8. The molecular formula is C36H66AlSi2Zr+2. The molecule has 0 N–H and O–H groups in total. The molecule has 0 nitrogen and oxygen atoms in total. The first kappa shape index (κ1) is 51.2. The van der Waals surface area contributed by atoms with E-state index >= 15 is 0 Å². The Hall–Kier alpha value is 1.59. The van der Waals surface area contributed by atoms with Gasteiger partial charge in [-0.3, -0.25) is 5.70 Å². The fraction of sp³-hybridized carbons (Fsp3) is 0.583. The van der Waals surface area contributed by atoms with Gasteiger partial charge in [0, 0.05) is 8.07 Å². The van der Waals surface area contributed by atoms with Crippen LogP contribution in [0.15, 0.2) is 5.70 Å². The summed E-state index contributed by atoms with van der Waals surface area (Å²) in [5.74, 6) is 15.2. The zero-order chi connectivity index (χ0) is 31.3. The molecule has 0 unspecified atom stereocenters. The molecule has 0 aromatic heterocycles. The maximum Gasteiger partial charge on any atom is 3.00 e. The van der Waals surface area contributed by atoms with E-state index in [-0.39, 0.29) is 43.6 Å². The topological polar surface area (TPSA) is 0 Å². The van der Waals surface area contributed by atoms with Crippen LogP contribution < -0.4 is 0 Å². The largest absolute Gasteiger partial charge is 3.00 e. The van der Waals surface area contributed by atoms with Crippen molar-refractivity contribution in [3.8, 4) is 0 Å².